The predicted octanol–water partition coefficient (Wildman–Crippen LogP) is 2.80. The van der Waals surface area contributed by atoms with Crippen molar-refractivity contribution in [2.75, 3.05) is 5.32 Å². The van der Waals surface area contributed by atoms with E-state index in [1.54, 1.807) is 0 Å². The highest BCUT2D eigenvalue weighted by Crippen LogP contribution is 2.35. The second kappa shape index (κ2) is 7.69. The number of carbonyl (C=O) groups is 1. The number of rotatable bonds is 5. The molecule has 26 heavy (non-hydrogen) atoms. The monoisotopic (exact) mass is 369 g/mol. The third-order valence-corrected chi connectivity index (χ3v) is 5.62. The van der Waals surface area contributed by atoms with E-state index in [1.165, 1.54) is 41.6 Å². The lowest BCUT2D eigenvalue weighted by Gasteiger charge is -2.18. The number of nitrogens with zero attached hydrogens (tertiary/aromatic N) is 6. The van der Waals surface area contributed by atoms with Crippen molar-refractivity contribution in [2.24, 2.45) is 0 Å². The second-order valence-corrected chi connectivity index (χ2v) is 7.38. The highest BCUT2D eigenvalue weighted by atomic mass is 32.1. The van der Waals surface area contributed by atoms with Crippen LogP contribution in [0.25, 0.3) is 0 Å². The van der Waals surface area contributed by atoms with E-state index in [0.717, 1.165) is 23.4 Å². The first kappa shape index (κ1) is 16.8. The number of carbonyl (C=O) groups excluding carboxylic acids is 1. The molecular formula is C17H19N7OS. The maximum atomic E-state index is 12.9. The van der Waals surface area contributed by atoms with Gasteiger partial charge < -0.3 is 0 Å². The van der Waals surface area contributed by atoms with Crippen molar-refractivity contribution in [1.82, 2.24) is 30.4 Å². The third-order valence-electron chi connectivity index (χ3n) is 4.62. The first-order chi connectivity index (χ1) is 12.8. The minimum Gasteiger partial charge on any atom is -0.298 e. The Hall–Kier alpha value is -2.68. The van der Waals surface area contributed by atoms with Crippen LogP contribution in [0.2, 0.25) is 0 Å². The molecule has 8 nitrogen and oxygen atoms in total. The fourth-order valence-electron chi connectivity index (χ4n) is 3.32. The summed E-state index contributed by atoms with van der Waals surface area (Å²) in [6.45, 7) is 0. The molecule has 0 bridgehead atoms. The summed E-state index contributed by atoms with van der Waals surface area (Å²) >= 11 is 1.46. The van der Waals surface area contributed by atoms with Gasteiger partial charge in [0.05, 0.1) is 0 Å². The molecule has 1 saturated carbocycles. The summed E-state index contributed by atoms with van der Waals surface area (Å²) in [5.41, 5.74) is 0.800. The summed E-state index contributed by atoms with van der Waals surface area (Å²) in [5.74, 6) is 0.228. The molecule has 2 aromatic heterocycles. The van der Waals surface area contributed by atoms with Crippen molar-refractivity contribution in [3.8, 4) is 0 Å². The lowest BCUT2D eigenvalue weighted by atomic mass is 9.90. The first-order valence-corrected chi connectivity index (χ1v) is 9.54. The summed E-state index contributed by atoms with van der Waals surface area (Å²) in [4.78, 5) is 12.9. The zero-order valence-electron chi connectivity index (χ0n) is 14.2. The Morgan fingerprint density at radius 1 is 1.15 bits per heavy atom. The topological polar surface area (TPSA) is 98.5 Å². The van der Waals surface area contributed by atoms with Crippen molar-refractivity contribution in [2.45, 2.75) is 44.1 Å². The van der Waals surface area contributed by atoms with E-state index in [-0.39, 0.29) is 5.91 Å². The lowest BCUT2D eigenvalue weighted by Crippen LogP contribution is -2.27. The van der Waals surface area contributed by atoms with Crippen LogP contribution in [0.5, 0.6) is 0 Å². The molecular weight excluding hydrogens is 350 g/mol. The van der Waals surface area contributed by atoms with Gasteiger partial charge in [-0.15, -0.1) is 15.3 Å². The summed E-state index contributed by atoms with van der Waals surface area (Å²) in [6.07, 6.45) is 7.51. The summed E-state index contributed by atoms with van der Waals surface area (Å²) in [7, 11) is 0. The highest BCUT2D eigenvalue weighted by molar-refractivity contribution is 7.15. The Labute approximate surface area is 154 Å². The van der Waals surface area contributed by atoms with Gasteiger partial charge in [-0.1, -0.05) is 60.9 Å². The van der Waals surface area contributed by atoms with Crippen molar-refractivity contribution in [3.63, 3.8) is 0 Å². The van der Waals surface area contributed by atoms with Gasteiger partial charge >= 0.3 is 0 Å². The maximum Gasteiger partial charge on any atom is 0.255 e. The molecule has 1 aliphatic rings. The molecule has 1 atom stereocenters. The molecule has 9 heteroatoms. The van der Waals surface area contributed by atoms with Crippen LogP contribution < -0.4 is 5.32 Å². The van der Waals surface area contributed by atoms with Crippen molar-refractivity contribution in [3.05, 3.63) is 47.2 Å². The second-order valence-electron chi connectivity index (χ2n) is 6.37. The first-order valence-electron chi connectivity index (χ1n) is 8.73. The van der Waals surface area contributed by atoms with Crippen LogP contribution in [0.1, 0.15) is 54.6 Å². The number of tetrazole rings is 1. The number of aromatic nitrogens is 6. The number of hydrogen-bond acceptors (Lipinski definition) is 7. The van der Waals surface area contributed by atoms with Crippen LogP contribution in [0.4, 0.5) is 5.13 Å². The number of hydrogen-bond donors (Lipinski definition) is 1. The Kier molecular flexibility index (Phi) is 4.96. The molecule has 134 valence electrons. The molecule has 1 unspecified atom stereocenters. The van der Waals surface area contributed by atoms with Gasteiger partial charge in [-0.3, -0.25) is 10.1 Å². The quantitative estimate of drug-likeness (QED) is 0.742. The number of amides is 1. The molecule has 0 aliphatic heterocycles. The maximum absolute atomic E-state index is 12.9. The van der Waals surface area contributed by atoms with Gasteiger partial charge in [-0.05, 0) is 28.8 Å². The van der Waals surface area contributed by atoms with E-state index in [9.17, 15) is 4.79 Å². The van der Waals surface area contributed by atoms with Gasteiger partial charge in [-0.2, -0.15) is 0 Å². The van der Waals surface area contributed by atoms with Gasteiger partial charge in [-0.25, -0.2) is 4.68 Å². The van der Waals surface area contributed by atoms with Crippen LogP contribution in [-0.4, -0.2) is 36.3 Å². The average molecular weight is 369 g/mol. The molecule has 1 aromatic carbocycles. The largest absolute Gasteiger partial charge is 0.298 e. The number of benzene rings is 1. The molecule has 4 rings (SSSR count). The smallest absolute Gasteiger partial charge is 0.255 e. The number of anilines is 1. The van der Waals surface area contributed by atoms with Crippen LogP contribution in [0, 0.1) is 0 Å². The molecule has 2 heterocycles. The molecule has 0 spiro atoms. The zero-order chi connectivity index (χ0) is 17.8. The van der Waals surface area contributed by atoms with E-state index in [2.05, 4.69) is 31.0 Å². The van der Waals surface area contributed by atoms with Gasteiger partial charge in [0, 0.05) is 5.92 Å². The fourth-order valence-corrected chi connectivity index (χ4v) is 4.24. The van der Waals surface area contributed by atoms with E-state index >= 15 is 0 Å². The van der Waals surface area contributed by atoms with Crippen molar-refractivity contribution >= 4 is 22.4 Å². The van der Waals surface area contributed by atoms with Gasteiger partial charge in [0.15, 0.2) is 6.04 Å². The van der Waals surface area contributed by atoms with Crippen LogP contribution >= 0.6 is 11.3 Å². The number of nitrogens with one attached hydrogen (secondary N) is 1. The Morgan fingerprint density at radius 2 is 1.96 bits per heavy atom. The molecule has 3 aromatic rings. The predicted molar refractivity (Wildman–Crippen MR) is 96.8 cm³/mol. The standard InChI is InChI=1S/C17H19N7OS/c25-15(14(24-11-18-22-23-24)12-7-3-1-4-8-12)19-17-21-20-16(26-17)13-9-5-2-6-10-13/h1,3-4,7-8,11,13-14H,2,5-6,9-10H2,(H,19,21,25). The molecule has 1 N–H and O–H groups in total. The van der Waals surface area contributed by atoms with E-state index in [4.69, 9.17) is 0 Å². The molecule has 1 amide bonds. The highest BCUT2D eigenvalue weighted by Gasteiger charge is 2.26. The van der Waals surface area contributed by atoms with E-state index in [1.807, 2.05) is 30.3 Å². The summed E-state index contributed by atoms with van der Waals surface area (Å²) in [5, 5.41) is 24.1. The minimum atomic E-state index is -0.659. The molecule has 1 aliphatic carbocycles. The van der Waals surface area contributed by atoms with Crippen LogP contribution in [-0.2, 0) is 4.79 Å². The fraction of sp³-hybridized carbons (Fsp3) is 0.412. The Bertz CT molecular complexity index is 843. The zero-order valence-corrected chi connectivity index (χ0v) is 15.0. The Balaban J connectivity index is 1.53. The van der Waals surface area contributed by atoms with E-state index < -0.39 is 6.04 Å². The average Bonchev–Trinajstić information content (AvgIpc) is 3.36. The molecule has 0 saturated heterocycles. The molecule has 1 fully saturated rings. The summed E-state index contributed by atoms with van der Waals surface area (Å²) in [6, 6.07) is 8.75. The SMILES string of the molecule is O=C(Nc1nnc(C2CCCCC2)s1)C(c1ccccc1)n1cnnn1. The summed E-state index contributed by atoms with van der Waals surface area (Å²) < 4.78 is 1.44. The molecule has 0 radical (unpaired) electrons. The van der Waals surface area contributed by atoms with Gasteiger partial charge in [0.2, 0.25) is 5.13 Å². The Morgan fingerprint density at radius 3 is 2.69 bits per heavy atom. The lowest BCUT2D eigenvalue weighted by molar-refractivity contribution is -0.118. The van der Waals surface area contributed by atoms with E-state index in [0.29, 0.717) is 11.0 Å². The normalized spacial score (nSPS) is 16.3. The van der Waals surface area contributed by atoms with Gasteiger partial charge in [0.25, 0.3) is 5.91 Å². The van der Waals surface area contributed by atoms with Crippen LogP contribution in [0.3, 0.4) is 0 Å². The minimum absolute atomic E-state index is 0.241. The van der Waals surface area contributed by atoms with Crippen LogP contribution in [0.15, 0.2) is 36.7 Å². The third kappa shape index (κ3) is 3.62. The van der Waals surface area contributed by atoms with Gasteiger partial charge in [0.1, 0.15) is 11.3 Å². The van der Waals surface area contributed by atoms with Crippen molar-refractivity contribution < 1.29 is 4.79 Å². The van der Waals surface area contributed by atoms with Crippen molar-refractivity contribution in [1.29, 1.82) is 0 Å².